The van der Waals surface area contributed by atoms with Gasteiger partial charge in [0.25, 0.3) is 0 Å². The van der Waals surface area contributed by atoms with Gasteiger partial charge in [0.2, 0.25) is 10.0 Å². The highest BCUT2D eigenvalue weighted by atomic mass is 35.5. The Morgan fingerprint density at radius 2 is 1.84 bits per heavy atom. The van der Waals surface area contributed by atoms with Crippen LogP contribution in [0.5, 0.6) is 0 Å². The van der Waals surface area contributed by atoms with Gasteiger partial charge in [-0.3, -0.25) is 0 Å². The third-order valence-electron chi connectivity index (χ3n) is 2.24. The van der Waals surface area contributed by atoms with Crippen LogP contribution >= 0.6 is 35.0 Å². The first-order valence-corrected chi connectivity index (χ1v) is 8.97. The first-order valence-electron chi connectivity index (χ1n) is 5.33. The molecule has 0 aromatic heterocycles. The Hall–Kier alpha value is 0.0200. The average molecular weight is 344 g/mol. The molecule has 1 unspecified atom stereocenters. The van der Waals surface area contributed by atoms with Gasteiger partial charge in [-0.05, 0) is 31.4 Å². The van der Waals surface area contributed by atoms with Gasteiger partial charge in [-0.25, -0.2) is 13.1 Å². The Balaban J connectivity index is 2.87. The molecule has 8 heteroatoms. The minimum atomic E-state index is -3.74. The molecule has 2 N–H and O–H groups in total. The third-order valence-corrected chi connectivity index (χ3v) is 4.97. The predicted octanol–water partition coefficient (Wildman–Crippen LogP) is 2.39. The van der Waals surface area contributed by atoms with Gasteiger partial charge in [0, 0.05) is 22.3 Å². The second-order valence-electron chi connectivity index (χ2n) is 4.36. The summed E-state index contributed by atoms with van der Waals surface area (Å²) in [6.07, 6.45) is 1.83. The van der Waals surface area contributed by atoms with E-state index in [4.69, 9.17) is 23.2 Å². The molecule has 1 atom stereocenters. The molecule has 4 nitrogen and oxygen atoms in total. The van der Waals surface area contributed by atoms with Crippen LogP contribution in [0.15, 0.2) is 23.1 Å². The van der Waals surface area contributed by atoms with Crippen LogP contribution < -0.4 is 4.72 Å². The van der Waals surface area contributed by atoms with Gasteiger partial charge in [-0.1, -0.05) is 23.2 Å². The molecule has 0 amide bonds. The van der Waals surface area contributed by atoms with Crippen molar-refractivity contribution in [2.24, 2.45) is 0 Å². The Morgan fingerprint density at radius 3 is 2.32 bits per heavy atom. The second-order valence-corrected chi connectivity index (χ2v) is 7.87. The lowest BCUT2D eigenvalue weighted by Gasteiger charge is -2.22. The molecule has 0 spiro atoms. The van der Waals surface area contributed by atoms with E-state index >= 15 is 0 Å². The highest BCUT2D eigenvalue weighted by Crippen LogP contribution is 2.22. The lowest BCUT2D eigenvalue weighted by Crippen LogP contribution is -2.42. The number of rotatable bonds is 6. The van der Waals surface area contributed by atoms with Crippen molar-refractivity contribution in [3.63, 3.8) is 0 Å². The summed E-state index contributed by atoms with van der Waals surface area (Å²) in [6, 6.07) is 4.06. The number of benzene rings is 1. The van der Waals surface area contributed by atoms with Crippen LogP contribution in [0, 0.1) is 0 Å². The van der Waals surface area contributed by atoms with E-state index in [1.54, 1.807) is 6.92 Å². The molecule has 0 bridgehead atoms. The summed E-state index contributed by atoms with van der Waals surface area (Å²) in [6.45, 7) is 1.48. The van der Waals surface area contributed by atoms with Crippen molar-refractivity contribution >= 4 is 45.0 Å². The van der Waals surface area contributed by atoms with Crippen molar-refractivity contribution in [2.75, 3.05) is 18.6 Å². The third kappa shape index (κ3) is 5.49. The van der Waals surface area contributed by atoms with Gasteiger partial charge >= 0.3 is 0 Å². The number of halogens is 2. The highest BCUT2D eigenvalue weighted by molar-refractivity contribution is 7.98. The van der Waals surface area contributed by atoms with Crippen LogP contribution in [-0.2, 0) is 10.0 Å². The summed E-state index contributed by atoms with van der Waals surface area (Å²) in [5.41, 5.74) is -1.12. The Kier molecular flexibility index (Phi) is 5.97. The molecule has 1 aromatic rings. The molecule has 1 rings (SSSR count). The largest absolute Gasteiger partial charge is 0.388 e. The molecule has 0 heterocycles. The van der Waals surface area contributed by atoms with Crippen LogP contribution in [0.3, 0.4) is 0 Å². The van der Waals surface area contributed by atoms with E-state index in [1.165, 1.54) is 30.0 Å². The van der Waals surface area contributed by atoms with E-state index in [2.05, 4.69) is 4.72 Å². The fourth-order valence-electron chi connectivity index (χ4n) is 1.38. The normalized spacial score (nSPS) is 15.2. The van der Waals surface area contributed by atoms with Gasteiger partial charge < -0.3 is 5.11 Å². The number of thioether (sulfide) groups is 1. The van der Waals surface area contributed by atoms with E-state index in [0.717, 1.165) is 0 Å². The van der Waals surface area contributed by atoms with Crippen LogP contribution in [0.4, 0.5) is 0 Å². The molecule has 0 aliphatic heterocycles. The lowest BCUT2D eigenvalue weighted by atomic mass is 10.1. The predicted molar refractivity (Wildman–Crippen MR) is 80.7 cm³/mol. The molecule has 0 saturated heterocycles. The van der Waals surface area contributed by atoms with Crippen molar-refractivity contribution in [3.05, 3.63) is 28.2 Å². The second kappa shape index (κ2) is 6.65. The molecule has 108 valence electrons. The van der Waals surface area contributed by atoms with Crippen molar-refractivity contribution in [1.82, 2.24) is 4.72 Å². The van der Waals surface area contributed by atoms with Crippen LogP contribution in [0.2, 0.25) is 10.0 Å². The van der Waals surface area contributed by atoms with E-state index in [-0.39, 0.29) is 21.5 Å². The SMILES string of the molecule is CSCC(C)(O)CNS(=O)(=O)c1cc(Cl)cc(Cl)c1. The zero-order valence-electron chi connectivity index (χ0n) is 10.5. The van der Waals surface area contributed by atoms with Crippen molar-refractivity contribution in [3.8, 4) is 0 Å². The Labute approximate surface area is 127 Å². The standard InChI is InChI=1S/C11H15Cl2NO3S2/c1-11(15,7-18-2)6-14-19(16,17)10-4-8(12)3-9(13)5-10/h3-5,14-15H,6-7H2,1-2H3. The molecule has 0 aliphatic rings. The summed E-state index contributed by atoms with van der Waals surface area (Å²) < 4.78 is 26.4. The maximum Gasteiger partial charge on any atom is 0.240 e. The molecule has 19 heavy (non-hydrogen) atoms. The first kappa shape index (κ1) is 17.1. The molecular weight excluding hydrogens is 329 g/mol. The lowest BCUT2D eigenvalue weighted by molar-refractivity contribution is 0.0908. The van der Waals surface area contributed by atoms with E-state index in [9.17, 15) is 13.5 Å². The molecule has 0 aliphatic carbocycles. The number of hydrogen-bond donors (Lipinski definition) is 2. The number of nitrogens with one attached hydrogen (secondary N) is 1. The van der Waals surface area contributed by atoms with Gasteiger partial charge in [0.1, 0.15) is 0 Å². The van der Waals surface area contributed by atoms with Gasteiger partial charge in [0.05, 0.1) is 10.5 Å². The summed E-state index contributed by atoms with van der Waals surface area (Å²) in [5, 5.41) is 10.4. The van der Waals surface area contributed by atoms with E-state index in [0.29, 0.717) is 5.75 Å². The maximum absolute atomic E-state index is 12.0. The Bertz CT molecular complexity index is 527. The monoisotopic (exact) mass is 343 g/mol. The maximum atomic E-state index is 12.0. The fourth-order valence-corrected chi connectivity index (χ4v) is 3.99. The van der Waals surface area contributed by atoms with Gasteiger partial charge in [-0.2, -0.15) is 11.8 Å². The van der Waals surface area contributed by atoms with E-state index < -0.39 is 15.6 Å². The highest BCUT2D eigenvalue weighted by Gasteiger charge is 2.24. The summed E-state index contributed by atoms with van der Waals surface area (Å²) in [5.74, 6) is 0.422. The summed E-state index contributed by atoms with van der Waals surface area (Å²) in [4.78, 5) is -0.0232. The number of hydrogen-bond acceptors (Lipinski definition) is 4. The Morgan fingerprint density at radius 1 is 1.32 bits per heavy atom. The minimum absolute atomic E-state index is 0.0232. The summed E-state index contributed by atoms with van der Waals surface area (Å²) >= 11 is 13.0. The number of sulfonamides is 1. The van der Waals surface area contributed by atoms with Crippen LogP contribution in [-0.4, -0.2) is 37.7 Å². The molecular formula is C11H15Cl2NO3S2. The number of aliphatic hydroxyl groups is 1. The molecule has 1 aromatic carbocycles. The van der Waals surface area contributed by atoms with Gasteiger partial charge in [-0.15, -0.1) is 0 Å². The molecule has 0 saturated carbocycles. The fraction of sp³-hybridized carbons (Fsp3) is 0.455. The molecule has 0 fully saturated rings. The van der Waals surface area contributed by atoms with Crippen LogP contribution in [0.1, 0.15) is 6.92 Å². The zero-order chi connectivity index (χ0) is 14.7. The smallest absolute Gasteiger partial charge is 0.240 e. The minimum Gasteiger partial charge on any atom is -0.388 e. The van der Waals surface area contributed by atoms with Crippen molar-refractivity contribution in [2.45, 2.75) is 17.4 Å². The zero-order valence-corrected chi connectivity index (χ0v) is 13.6. The van der Waals surface area contributed by atoms with Crippen molar-refractivity contribution < 1.29 is 13.5 Å². The topological polar surface area (TPSA) is 66.4 Å². The van der Waals surface area contributed by atoms with E-state index in [1.807, 2.05) is 6.26 Å². The first-order chi connectivity index (χ1) is 8.66. The van der Waals surface area contributed by atoms with Crippen molar-refractivity contribution in [1.29, 1.82) is 0 Å². The van der Waals surface area contributed by atoms with Crippen LogP contribution in [0.25, 0.3) is 0 Å². The van der Waals surface area contributed by atoms with Gasteiger partial charge in [0.15, 0.2) is 0 Å². The summed E-state index contributed by atoms with van der Waals surface area (Å²) in [7, 11) is -3.74. The quantitative estimate of drug-likeness (QED) is 0.832. The molecule has 0 radical (unpaired) electrons. The average Bonchev–Trinajstić information content (AvgIpc) is 2.25.